The third-order valence-corrected chi connectivity index (χ3v) is 2.76. The summed E-state index contributed by atoms with van der Waals surface area (Å²) in [6, 6.07) is 0. The number of carbonyl (C=O) groups excluding carboxylic acids is 1. The van der Waals surface area contributed by atoms with Gasteiger partial charge in [-0.05, 0) is 27.2 Å². The van der Waals surface area contributed by atoms with Crippen LogP contribution in [0.3, 0.4) is 0 Å². The summed E-state index contributed by atoms with van der Waals surface area (Å²) in [6.45, 7) is 7.58. The Morgan fingerprint density at radius 2 is 2.20 bits per heavy atom. The average Bonchev–Trinajstić information content (AvgIpc) is 2.45. The number of amides is 1. The number of ether oxygens (including phenoxy) is 1. The smallest absolute Gasteiger partial charge is 0.404 e. The maximum absolute atomic E-state index is 10.5. The second-order valence-electron chi connectivity index (χ2n) is 5.17. The summed E-state index contributed by atoms with van der Waals surface area (Å²) >= 11 is 0. The van der Waals surface area contributed by atoms with Gasteiger partial charge in [0.05, 0.1) is 0 Å². The summed E-state index contributed by atoms with van der Waals surface area (Å²) < 4.78 is 4.65. The number of likely N-dealkylation sites (tertiary alicyclic amines) is 1. The van der Waals surface area contributed by atoms with Crippen LogP contribution in [0.15, 0.2) is 0 Å². The van der Waals surface area contributed by atoms with Gasteiger partial charge >= 0.3 is 6.09 Å². The van der Waals surface area contributed by atoms with Crippen molar-refractivity contribution in [1.29, 1.82) is 0 Å². The van der Waals surface area contributed by atoms with Crippen LogP contribution >= 0.6 is 0 Å². The first-order valence-electron chi connectivity index (χ1n) is 5.13. The molecule has 1 fully saturated rings. The summed E-state index contributed by atoms with van der Waals surface area (Å²) in [7, 11) is 0. The van der Waals surface area contributed by atoms with E-state index in [2.05, 4.69) is 30.4 Å². The number of hydrogen-bond acceptors (Lipinski definition) is 4. The molecule has 0 radical (unpaired) electrons. The number of β-amino-alcohol motifs (C(OH)–C–C–N with tert-alkyl or cyclic N) is 1. The highest BCUT2D eigenvalue weighted by atomic mass is 16.6. The number of nitrogens with zero attached hydrogens (tertiary/aromatic N) is 1. The zero-order valence-electron chi connectivity index (χ0n) is 9.62. The first-order valence-corrected chi connectivity index (χ1v) is 5.13. The van der Waals surface area contributed by atoms with Gasteiger partial charge in [-0.2, -0.15) is 0 Å². The summed E-state index contributed by atoms with van der Waals surface area (Å²) in [6.07, 6.45) is -0.227. The Kier molecular flexibility index (Phi) is 3.25. The second-order valence-corrected chi connectivity index (χ2v) is 5.17. The molecule has 1 heterocycles. The highest BCUT2D eigenvalue weighted by Gasteiger charge is 2.40. The Labute approximate surface area is 90.2 Å². The molecule has 0 aromatic rings. The van der Waals surface area contributed by atoms with E-state index in [0.29, 0.717) is 13.0 Å². The molecule has 0 aliphatic carbocycles. The molecule has 88 valence electrons. The van der Waals surface area contributed by atoms with Gasteiger partial charge in [-0.15, -0.1) is 0 Å². The summed E-state index contributed by atoms with van der Waals surface area (Å²) in [5.74, 6) is 0. The van der Waals surface area contributed by atoms with Crippen LogP contribution in [0, 0.1) is 0 Å². The van der Waals surface area contributed by atoms with Crippen LogP contribution in [0.2, 0.25) is 0 Å². The first-order chi connectivity index (χ1) is 6.73. The van der Waals surface area contributed by atoms with Crippen LogP contribution in [-0.4, -0.2) is 46.9 Å². The normalized spacial score (nSPS) is 28.0. The lowest BCUT2D eigenvalue weighted by Gasteiger charge is -2.32. The molecular formula is C10H20N2O3. The molecule has 3 N–H and O–H groups in total. The number of primary amides is 1. The van der Waals surface area contributed by atoms with Crippen molar-refractivity contribution in [3.8, 4) is 0 Å². The zero-order valence-corrected chi connectivity index (χ0v) is 9.62. The van der Waals surface area contributed by atoms with E-state index < -0.39 is 11.7 Å². The predicted molar refractivity (Wildman–Crippen MR) is 56.4 cm³/mol. The van der Waals surface area contributed by atoms with Gasteiger partial charge in [0, 0.05) is 18.6 Å². The van der Waals surface area contributed by atoms with Crippen molar-refractivity contribution in [2.75, 3.05) is 19.7 Å². The molecule has 1 aliphatic heterocycles. The van der Waals surface area contributed by atoms with Gasteiger partial charge in [-0.3, -0.25) is 4.90 Å². The Hall–Kier alpha value is -0.810. The molecule has 1 rings (SSSR count). The largest absolute Gasteiger partial charge is 0.447 e. The van der Waals surface area contributed by atoms with Crippen molar-refractivity contribution in [2.45, 2.75) is 38.3 Å². The predicted octanol–water partition coefficient (Wildman–Crippen LogP) is 0.317. The SMILES string of the molecule is CC(C)(C)N1CCC(O)(COC(N)=O)C1. The third kappa shape index (κ3) is 3.35. The Balaban J connectivity index is 2.50. The van der Waals surface area contributed by atoms with Crippen LogP contribution in [0.4, 0.5) is 4.79 Å². The molecule has 0 aromatic heterocycles. The van der Waals surface area contributed by atoms with E-state index in [1.807, 2.05) is 0 Å². The van der Waals surface area contributed by atoms with Crippen molar-refractivity contribution in [3.05, 3.63) is 0 Å². The van der Waals surface area contributed by atoms with Gasteiger partial charge in [0.25, 0.3) is 0 Å². The van der Waals surface area contributed by atoms with Crippen LogP contribution in [0.25, 0.3) is 0 Å². The van der Waals surface area contributed by atoms with Gasteiger partial charge in [-0.25, -0.2) is 4.79 Å². The minimum absolute atomic E-state index is 0.0189. The minimum Gasteiger partial charge on any atom is -0.447 e. The van der Waals surface area contributed by atoms with E-state index in [4.69, 9.17) is 5.73 Å². The summed E-state index contributed by atoms with van der Waals surface area (Å²) in [5, 5.41) is 10.1. The molecule has 15 heavy (non-hydrogen) atoms. The fourth-order valence-corrected chi connectivity index (χ4v) is 1.75. The maximum Gasteiger partial charge on any atom is 0.404 e. The van der Waals surface area contributed by atoms with Gasteiger partial charge in [0.15, 0.2) is 0 Å². The maximum atomic E-state index is 10.5. The highest BCUT2D eigenvalue weighted by Crippen LogP contribution is 2.27. The lowest BCUT2D eigenvalue weighted by atomic mass is 10.0. The molecule has 0 spiro atoms. The van der Waals surface area contributed by atoms with E-state index in [1.165, 1.54) is 0 Å². The van der Waals surface area contributed by atoms with E-state index in [9.17, 15) is 9.90 Å². The van der Waals surface area contributed by atoms with Crippen molar-refractivity contribution < 1.29 is 14.6 Å². The molecule has 1 unspecified atom stereocenters. The fourth-order valence-electron chi connectivity index (χ4n) is 1.75. The van der Waals surface area contributed by atoms with E-state index >= 15 is 0 Å². The van der Waals surface area contributed by atoms with Gasteiger partial charge in [0.1, 0.15) is 12.2 Å². The van der Waals surface area contributed by atoms with Crippen LogP contribution in [0.5, 0.6) is 0 Å². The number of nitrogens with two attached hydrogens (primary N) is 1. The van der Waals surface area contributed by atoms with Crippen molar-refractivity contribution >= 4 is 6.09 Å². The van der Waals surface area contributed by atoms with Crippen molar-refractivity contribution in [3.63, 3.8) is 0 Å². The van der Waals surface area contributed by atoms with Crippen LogP contribution in [0.1, 0.15) is 27.2 Å². The summed E-state index contributed by atoms with van der Waals surface area (Å²) in [4.78, 5) is 12.6. The number of hydrogen-bond donors (Lipinski definition) is 2. The molecule has 5 nitrogen and oxygen atoms in total. The fraction of sp³-hybridized carbons (Fsp3) is 0.900. The molecule has 1 saturated heterocycles. The molecule has 0 bridgehead atoms. The molecule has 5 heteroatoms. The number of rotatable bonds is 2. The highest BCUT2D eigenvalue weighted by molar-refractivity contribution is 5.64. The number of aliphatic hydroxyl groups is 1. The number of carbonyl (C=O) groups is 1. The van der Waals surface area contributed by atoms with Crippen LogP contribution < -0.4 is 5.73 Å². The average molecular weight is 216 g/mol. The third-order valence-electron chi connectivity index (χ3n) is 2.76. The van der Waals surface area contributed by atoms with Gasteiger partial charge < -0.3 is 15.6 Å². The molecule has 0 aromatic carbocycles. The molecular weight excluding hydrogens is 196 g/mol. The van der Waals surface area contributed by atoms with E-state index in [0.717, 1.165) is 6.54 Å². The zero-order chi connectivity index (χ0) is 11.7. The Morgan fingerprint density at radius 3 is 2.60 bits per heavy atom. The summed E-state index contributed by atoms with van der Waals surface area (Å²) in [5.41, 5.74) is 3.95. The standard InChI is InChI=1S/C10H20N2O3/c1-9(2,3)12-5-4-10(14,6-12)7-15-8(11)13/h14H,4-7H2,1-3H3,(H2,11,13). The molecule has 1 atom stereocenters. The molecule has 1 amide bonds. The minimum atomic E-state index is -0.942. The Morgan fingerprint density at radius 1 is 1.60 bits per heavy atom. The van der Waals surface area contributed by atoms with E-state index in [-0.39, 0.29) is 12.1 Å². The topological polar surface area (TPSA) is 75.8 Å². The lowest BCUT2D eigenvalue weighted by Crippen LogP contribution is -2.45. The van der Waals surface area contributed by atoms with Crippen molar-refractivity contribution in [2.24, 2.45) is 5.73 Å². The Bertz CT molecular complexity index is 250. The lowest BCUT2D eigenvalue weighted by molar-refractivity contribution is -0.0179. The second kappa shape index (κ2) is 3.98. The van der Waals surface area contributed by atoms with Gasteiger partial charge in [-0.1, -0.05) is 0 Å². The molecule has 0 saturated carbocycles. The first kappa shape index (κ1) is 12.3. The molecule has 1 aliphatic rings. The van der Waals surface area contributed by atoms with Gasteiger partial charge in [0.2, 0.25) is 0 Å². The monoisotopic (exact) mass is 216 g/mol. The van der Waals surface area contributed by atoms with E-state index in [1.54, 1.807) is 0 Å². The van der Waals surface area contributed by atoms with Crippen molar-refractivity contribution in [1.82, 2.24) is 4.90 Å². The quantitative estimate of drug-likeness (QED) is 0.697. The van der Waals surface area contributed by atoms with Crippen LogP contribution in [-0.2, 0) is 4.74 Å².